The zero-order chi connectivity index (χ0) is 21.1. The van der Waals surface area contributed by atoms with Gasteiger partial charge in [0, 0.05) is 28.5 Å². The number of benzene rings is 3. The Hall–Kier alpha value is -4.33. The number of hydrogen-bond donors (Lipinski definition) is 1. The number of nitro groups is 1. The van der Waals surface area contributed by atoms with E-state index in [1.807, 2.05) is 12.1 Å². The zero-order valence-electron chi connectivity index (χ0n) is 15.7. The fraction of sp³-hybridized carbons (Fsp3) is 0.0455. The van der Waals surface area contributed by atoms with Crippen molar-refractivity contribution in [3.63, 3.8) is 0 Å². The standard InChI is InChI=1S/C22H16N4O4/c27-21(24-23-13-15-6-5-7-16(12-15)26(29)30)14-25-19-10-3-1-8-17(19)22(28)18-9-2-4-11-20(18)25/h1-13H,14H2,(H,24,27). The van der Waals surface area contributed by atoms with Crippen molar-refractivity contribution in [2.75, 3.05) is 0 Å². The van der Waals surface area contributed by atoms with Crippen LogP contribution in [0.1, 0.15) is 5.56 Å². The number of nitrogens with one attached hydrogen (secondary N) is 1. The number of pyridine rings is 1. The number of nitrogens with zero attached hydrogens (tertiary/aromatic N) is 3. The molecule has 0 aliphatic heterocycles. The van der Waals surface area contributed by atoms with Gasteiger partial charge >= 0.3 is 0 Å². The smallest absolute Gasteiger partial charge is 0.270 e. The van der Waals surface area contributed by atoms with Gasteiger partial charge in [0.1, 0.15) is 6.54 Å². The van der Waals surface area contributed by atoms with Crippen LogP contribution in [0.5, 0.6) is 0 Å². The molecule has 0 atom stereocenters. The first-order valence-corrected chi connectivity index (χ1v) is 9.11. The Labute approximate surface area is 170 Å². The second-order valence-electron chi connectivity index (χ2n) is 6.59. The van der Waals surface area contributed by atoms with E-state index in [1.165, 1.54) is 18.3 Å². The SMILES string of the molecule is O=C(Cn1c2ccccc2c(=O)c2ccccc21)NN=Cc1cccc([N+](=O)[O-])c1. The molecule has 0 aliphatic rings. The van der Waals surface area contributed by atoms with Crippen molar-refractivity contribution in [2.45, 2.75) is 6.54 Å². The maximum atomic E-state index is 12.7. The Balaban J connectivity index is 1.62. The highest BCUT2D eigenvalue weighted by Crippen LogP contribution is 2.19. The van der Waals surface area contributed by atoms with Gasteiger partial charge in [-0.1, -0.05) is 36.4 Å². The minimum atomic E-state index is -0.498. The molecule has 30 heavy (non-hydrogen) atoms. The predicted molar refractivity (Wildman–Crippen MR) is 115 cm³/mol. The van der Waals surface area contributed by atoms with Crippen molar-refractivity contribution >= 4 is 39.6 Å². The van der Waals surface area contributed by atoms with E-state index in [9.17, 15) is 19.7 Å². The van der Waals surface area contributed by atoms with Gasteiger partial charge < -0.3 is 4.57 Å². The van der Waals surface area contributed by atoms with Crippen molar-refractivity contribution in [3.8, 4) is 0 Å². The highest BCUT2D eigenvalue weighted by Gasteiger charge is 2.12. The summed E-state index contributed by atoms with van der Waals surface area (Å²) in [5.74, 6) is -0.393. The molecule has 0 fully saturated rings. The minimum Gasteiger partial charge on any atom is -0.331 e. The lowest BCUT2D eigenvalue weighted by atomic mass is 10.1. The highest BCUT2D eigenvalue weighted by molar-refractivity contribution is 5.95. The molecule has 0 unspecified atom stereocenters. The Bertz CT molecular complexity index is 1310. The molecule has 3 aromatic carbocycles. The summed E-state index contributed by atoms with van der Waals surface area (Å²) < 4.78 is 1.77. The van der Waals surface area contributed by atoms with Crippen LogP contribution in [-0.4, -0.2) is 21.6 Å². The van der Waals surface area contributed by atoms with Crippen LogP contribution < -0.4 is 10.9 Å². The molecular weight excluding hydrogens is 384 g/mol. The van der Waals surface area contributed by atoms with Crippen molar-refractivity contribution in [1.82, 2.24) is 9.99 Å². The van der Waals surface area contributed by atoms with Gasteiger partial charge in [-0.25, -0.2) is 5.43 Å². The molecular formula is C22H16N4O4. The number of non-ortho nitro benzene ring substituents is 1. The lowest BCUT2D eigenvalue weighted by Crippen LogP contribution is -2.25. The van der Waals surface area contributed by atoms with Crippen molar-refractivity contribution in [1.29, 1.82) is 0 Å². The maximum Gasteiger partial charge on any atom is 0.270 e. The number of para-hydroxylation sites is 2. The second kappa shape index (κ2) is 7.96. The molecule has 4 aromatic rings. The minimum absolute atomic E-state index is 0.0480. The lowest BCUT2D eigenvalue weighted by molar-refractivity contribution is -0.384. The maximum absolute atomic E-state index is 12.7. The average molecular weight is 400 g/mol. The van der Waals surface area contributed by atoms with Gasteiger partial charge in [-0.2, -0.15) is 5.10 Å². The number of hydrogen-bond acceptors (Lipinski definition) is 5. The fourth-order valence-electron chi connectivity index (χ4n) is 3.32. The van der Waals surface area contributed by atoms with E-state index in [0.717, 1.165) is 0 Å². The molecule has 0 radical (unpaired) electrons. The van der Waals surface area contributed by atoms with E-state index in [4.69, 9.17) is 0 Å². The van der Waals surface area contributed by atoms with Crippen LogP contribution in [0.2, 0.25) is 0 Å². The molecule has 1 amide bonds. The van der Waals surface area contributed by atoms with Gasteiger partial charge in [0.05, 0.1) is 22.2 Å². The second-order valence-corrected chi connectivity index (χ2v) is 6.59. The Morgan fingerprint density at radius 1 is 1.00 bits per heavy atom. The van der Waals surface area contributed by atoms with E-state index in [-0.39, 0.29) is 17.7 Å². The van der Waals surface area contributed by atoms with Crippen molar-refractivity contribution in [3.05, 3.63) is 98.7 Å². The third kappa shape index (κ3) is 3.66. The molecule has 4 rings (SSSR count). The molecule has 0 aliphatic carbocycles. The fourth-order valence-corrected chi connectivity index (χ4v) is 3.32. The van der Waals surface area contributed by atoms with Crippen LogP contribution in [0.25, 0.3) is 21.8 Å². The Kier molecular flexibility index (Phi) is 5.04. The molecule has 8 nitrogen and oxygen atoms in total. The van der Waals surface area contributed by atoms with E-state index in [0.29, 0.717) is 27.4 Å². The first kappa shape index (κ1) is 19.0. The van der Waals surface area contributed by atoms with Crippen LogP contribution in [0.15, 0.2) is 82.7 Å². The molecule has 0 saturated heterocycles. The number of nitro benzene ring substituents is 1. The topological polar surface area (TPSA) is 107 Å². The van der Waals surface area contributed by atoms with Crippen LogP contribution in [-0.2, 0) is 11.3 Å². The molecule has 0 saturated carbocycles. The lowest BCUT2D eigenvalue weighted by Gasteiger charge is -2.14. The first-order chi connectivity index (χ1) is 14.5. The average Bonchev–Trinajstić information content (AvgIpc) is 2.77. The van der Waals surface area contributed by atoms with E-state index in [2.05, 4.69) is 10.5 Å². The van der Waals surface area contributed by atoms with Gasteiger partial charge in [-0.3, -0.25) is 19.7 Å². The quantitative estimate of drug-likeness (QED) is 0.240. The van der Waals surface area contributed by atoms with Crippen LogP contribution in [0.4, 0.5) is 5.69 Å². The monoisotopic (exact) mass is 400 g/mol. The highest BCUT2D eigenvalue weighted by atomic mass is 16.6. The zero-order valence-corrected chi connectivity index (χ0v) is 15.7. The molecule has 148 valence electrons. The van der Waals surface area contributed by atoms with Crippen molar-refractivity contribution < 1.29 is 9.72 Å². The summed E-state index contributed by atoms with van der Waals surface area (Å²) in [5.41, 5.74) is 4.09. The van der Waals surface area contributed by atoms with Gasteiger partial charge in [-0.05, 0) is 24.3 Å². The first-order valence-electron chi connectivity index (χ1n) is 9.11. The van der Waals surface area contributed by atoms with Crippen LogP contribution in [0, 0.1) is 10.1 Å². The molecule has 1 aromatic heterocycles. The molecule has 1 N–H and O–H groups in total. The summed E-state index contributed by atoms with van der Waals surface area (Å²) in [4.78, 5) is 35.6. The summed E-state index contributed by atoms with van der Waals surface area (Å²) >= 11 is 0. The summed E-state index contributed by atoms with van der Waals surface area (Å²) in [6.07, 6.45) is 1.34. The predicted octanol–water partition coefficient (Wildman–Crippen LogP) is 3.21. The number of hydrazone groups is 1. The summed E-state index contributed by atoms with van der Waals surface area (Å²) in [6, 6.07) is 20.2. The normalized spacial score (nSPS) is 11.2. The number of rotatable bonds is 5. The van der Waals surface area contributed by atoms with Gasteiger partial charge in [0.2, 0.25) is 0 Å². The van der Waals surface area contributed by atoms with Crippen LogP contribution in [0.3, 0.4) is 0 Å². The van der Waals surface area contributed by atoms with Gasteiger partial charge in [-0.15, -0.1) is 0 Å². The third-order valence-corrected chi connectivity index (χ3v) is 4.66. The number of amides is 1. The van der Waals surface area contributed by atoms with Crippen LogP contribution >= 0.6 is 0 Å². The Morgan fingerprint density at radius 2 is 1.63 bits per heavy atom. The molecule has 0 bridgehead atoms. The van der Waals surface area contributed by atoms with E-state index >= 15 is 0 Å². The van der Waals surface area contributed by atoms with Gasteiger partial charge in [0.25, 0.3) is 11.6 Å². The summed E-state index contributed by atoms with van der Waals surface area (Å²) in [6.45, 7) is -0.0480. The van der Waals surface area contributed by atoms with Gasteiger partial charge in [0.15, 0.2) is 5.43 Å². The summed E-state index contributed by atoms with van der Waals surface area (Å²) in [5, 5.41) is 15.8. The Morgan fingerprint density at radius 3 is 2.27 bits per heavy atom. The molecule has 0 spiro atoms. The summed E-state index contributed by atoms with van der Waals surface area (Å²) in [7, 11) is 0. The molecule has 1 heterocycles. The number of carbonyl (C=O) groups excluding carboxylic acids is 1. The largest absolute Gasteiger partial charge is 0.331 e. The van der Waals surface area contributed by atoms with E-state index in [1.54, 1.807) is 53.1 Å². The van der Waals surface area contributed by atoms with Crippen molar-refractivity contribution in [2.24, 2.45) is 5.10 Å². The molecule has 8 heteroatoms. The van der Waals surface area contributed by atoms with E-state index < -0.39 is 10.8 Å². The third-order valence-electron chi connectivity index (χ3n) is 4.66. The number of fused-ring (bicyclic) bond motifs is 2. The number of aromatic nitrogens is 1. The number of carbonyl (C=O) groups is 1.